The van der Waals surface area contributed by atoms with Crippen LogP contribution in [0.15, 0.2) is 47.2 Å². The predicted octanol–water partition coefficient (Wildman–Crippen LogP) is 2.99. The average molecular weight is 307 g/mol. The van der Waals surface area contributed by atoms with E-state index >= 15 is 0 Å². The molecule has 1 aromatic carbocycles. The molecule has 1 amide bonds. The average Bonchev–Trinajstić information content (AvgIpc) is 2.85. The Morgan fingerprint density at radius 2 is 2.00 bits per heavy atom. The van der Waals surface area contributed by atoms with Gasteiger partial charge in [0.05, 0.1) is 5.56 Å². The number of benzene rings is 1. The number of halogens is 1. The summed E-state index contributed by atoms with van der Waals surface area (Å²) >= 11 is 3.45. The van der Waals surface area contributed by atoms with Gasteiger partial charge in [-0.2, -0.15) is 0 Å². The first kappa shape index (κ1) is 12.9. The fraction of sp³-hybridized carbons (Fsp3) is 0.214. The van der Waals surface area contributed by atoms with Crippen molar-refractivity contribution in [1.29, 1.82) is 0 Å². The molecule has 2 aromatic rings. The molecule has 0 aliphatic carbocycles. The van der Waals surface area contributed by atoms with Gasteiger partial charge in [-0.15, -0.1) is 0 Å². The zero-order chi connectivity index (χ0) is 13.0. The molecule has 3 nitrogen and oxygen atoms in total. The van der Waals surface area contributed by atoms with Crippen LogP contribution in [0.5, 0.6) is 0 Å². The van der Waals surface area contributed by atoms with E-state index in [9.17, 15) is 4.79 Å². The van der Waals surface area contributed by atoms with E-state index in [0.29, 0.717) is 12.1 Å². The fourth-order valence-electron chi connectivity index (χ4n) is 1.74. The highest BCUT2D eigenvalue weighted by molar-refractivity contribution is 9.10. The van der Waals surface area contributed by atoms with Crippen molar-refractivity contribution in [2.45, 2.75) is 13.5 Å². The van der Waals surface area contributed by atoms with Crippen LogP contribution in [0.25, 0.3) is 0 Å². The minimum absolute atomic E-state index is 0.0438. The van der Waals surface area contributed by atoms with Gasteiger partial charge in [-0.25, -0.2) is 0 Å². The number of amides is 1. The molecule has 1 N–H and O–H groups in total. The normalized spacial score (nSPS) is 10.3. The number of aryl methyl sites for hydroxylation is 1. The molecular weight excluding hydrogens is 292 g/mol. The summed E-state index contributed by atoms with van der Waals surface area (Å²) in [4.78, 5) is 12.0. The largest absolute Gasteiger partial charge is 0.353 e. The van der Waals surface area contributed by atoms with Gasteiger partial charge in [0.2, 0.25) is 0 Å². The van der Waals surface area contributed by atoms with Crippen molar-refractivity contribution in [2.75, 3.05) is 6.54 Å². The molecule has 1 aromatic heterocycles. The summed E-state index contributed by atoms with van der Waals surface area (Å²) in [6.07, 6.45) is 3.96. The van der Waals surface area contributed by atoms with Crippen molar-refractivity contribution < 1.29 is 4.79 Å². The number of hydrogen-bond acceptors (Lipinski definition) is 1. The molecule has 18 heavy (non-hydrogen) atoms. The second-order valence-corrected chi connectivity index (χ2v) is 4.91. The van der Waals surface area contributed by atoms with Gasteiger partial charge < -0.3 is 9.88 Å². The molecule has 0 saturated heterocycles. The first-order valence-electron chi connectivity index (χ1n) is 5.82. The molecule has 0 radical (unpaired) electrons. The molecule has 94 valence electrons. The molecule has 0 atom stereocenters. The fourth-order valence-corrected chi connectivity index (χ4v) is 2.18. The quantitative estimate of drug-likeness (QED) is 0.926. The monoisotopic (exact) mass is 306 g/mol. The maximum Gasteiger partial charge on any atom is 0.252 e. The second-order valence-electron chi connectivity index (χ2n) is 4.11. The molecule has 0 saturated carbocycles. The maximum absolute atomic E-state index is 12.0. The van der Waals surface area contributed by atoms with Crippen LogP contribution in [0.1, 0.15) is 15.9 Å². The lowest BCUT2D eigenvalue weighted by molar-refractivity contribution is 0.0951. The number of nitrogens with zero attached hydrogens (tertiary/aromatic N) is 1. The molecule has 2 rings (SSSR count). The van der Waals surface area contributed by atoms with Gasteiger partial charge in [-0.1, -0.05) is 12.1 Å². The van der Waals surface area contributed by atoms with Crippen molar-refractivity contribution in [1.82, 2.24) is 9.88 Å². The van der Waals surface area contributed by atoms with Crippen molar-refractivity contribution in [2.24, 2.45) is 0 Å². The summed E-state index contributed by atoms with van der Waals surface area (Å²) in [5.41, 5.74) is 1.75. The van der Waals surface area contributed by atoms with Crippen molar-refractivity contribution in [3.63, 3.8) is 0 Å². The number of nitrogens with one attached hydrogen (secondary N) is 1. The second kappa shape index (κ2) is 5.87. The summed E-state index contributed by atoms with van der Waals surface area (Å²) in [7, 11) is 0. The van der Waals surface area contributed by atoms with Gasteiger partial charge >= 0.3 is 0 Å². The highest BCUT2D eigenvalue weighted by atomic mass is 79.9. The van der Waals surface area contributed by atoms with Gasteiger partial charge in [0, 0.05) is 30.0 Å². The van der Waals surface area contributed by atoms with E-state index in [2.05, 4.69) is 21.2 Å². The van der Waals surface area contributed by atoms with Crippen LogP contribution >= 0.6 is 15.9 Å². The Kier molecular flexibility index (Phi) is 4.20. The molecule has 0 unspecified atom stereocenters. The van der Waals surface area contributed by atoms with Crippen LogP contribution in [0, 0.1) is 6.92 Å². The molecule has 4 heteroatoms. The van der Waals surface area contributed by atoms with Crippen molar-refractivity contribution in [3.05, 3.63) is 58.3 Å². The Hall–Kier alpha value is -1.55. The summed E-state index contributed by atoms with van der Waals surface area (Å²) in [5.74, 6) is -0.0438. The van der Waals surface area contributed by atoms with E-state index in [1.807, 2.05) is 54.2 Å². The number of carbonyl (C=O) groups excluding carboxylic acids is 1. The maximum atomic E-state index is 12.0. The van der Waals surface area contributed by atoms with Gasteiger partial charge in [0.15, 0.2) is 0 Å². The first-order chi connectivity index (χ1) is 8.68. The van der Waals surface area contributed by atoms with Crippen LogP contribution in [-0.2, 0) is 6.54 Å². The smallest absolute Gasteiger partial charge is 0.252 e. The SMILES string of the molecule is Cc1cccc(C(=O)NCCn2cccc2)c1Br. The van der Waals surface area contributed by atoms with E-state index < -0.39 is 0 Å². The van der Waals surface area contributed by atoms with E-state index in [1.54, 1.807) is 0 Å². The molecule has 0 aliphatic heterocycles. The van der Waals surface area contributed by atoms with Crippen LogP contribution < -0.4 is 5.32 Å². The van der Waals surface area contributed by atoms with E-state index in [0.717, 1.165) is 16.6 Å². The Morgan fingerprint density at radius 1 is 1.28 bits per heavy atom. The topological polar surface area (TPSA) is 34.0 Å². The van der Waals surface area contributed by atoms with Gasteiger partial charge in [0.25, 0.3) is 5.91 Å². The first-order valence-corrected chi connectivity index (χ1v) is 6.62. The highest BCUT2D eigenvalue weighted by Gasteiger charge is 2.10. The Balaban J connectivity index is 1.93. The molecule has 0 bridgehead atoms. The van der Waals surface area contributed by atoms with Crippen LogP contribution in [-0.4, -0.2) is 17.0 Å². The lowest BCUT2D eigenvalue weighted by atomic mass is 10.1. The van der Waals surface area contributed by atoms with Crippen LogP contribution in [0.2, 0.25) is 0 Å². The third-order valence-corrected chi connectivity index (χ3v) is 3.81. The molecule has 0 fully saturated rings. The standard InChI is InChI=1S/C14H15BrN2O/c1-11-5-4-6-12(13(11)15)14(18)16-7-10-17-8-2-3-9-17/h2-6,8-9H,7,10H2,1H3,(H,16,18). The lowest BCUT2D eigenvalue weighted by Crippen LogP contribution is -2.27. The molecule has 1 heterocycles. The molecule has 0 spiro atoms. The lowest BCUT2D eigenvalue weighted by Gasteiger charge is -2.09. The third kappa shape index (κ3) is 3.01. The number of hydrogen-bond donors (Lipinski definition) is 1. The summed E-state index contributed by atoms with van der Waals surface area (Å²) in [6.45, 7) is 3.37. The summed E-state index contributed by atoms with van der Waals surface area (Å²) in [6, 6.07) is 9.63. The number of carbonyl (C=O) groups is 1. The molecule has 0 aliphatic rings. The number of aromatic nitrogens is 1. The zero-order valence-electron chi connectivity index (χ0n) is 10.2. The zero-order valence-corrected chi connectivity index (χ0v) is 11.8. The van der Waals surface area contributed by atoms with Crippen LogP contribution in [0.4, 0.5) is 0 Å². The highest BCUT2D eigenvalue weighted by Crippen LogP contribution is 2.20. The van der Waals surface area contributed by atoms with Gasteiger partial charge in [-0.3, -0.25) is 4.79 Å². The van der Waals surface area contributed by atoms with Crippen molar-refractivity contribution in [3.8, 4) is 0 Å². The minimum Gasteiger partial charge on any atom is -0.353 e. The van der Waals surface area contributed by atoms with E-state index in [-0.39, 0.29) is 5.91 Å². The third-order valence-electron chi connectivity index (χ3n) is 2.76. The minimum atomic E-state index is -0.0438. The van der Waals surface area contributed by atoms with Crippen molar-refractivity contribution >= 4 is 21.8 Å². The van der Waals surface area contributed by atoms with Crippen LogP contribution in [0.3, 0.4) is 0 Å². The Labute approximate surface area is 115 Å². The van der Waals surface area contributed by atoms with Gasteiger partial charge in [0.1, 0.15) is 0 Å². The Bertz CT molecular complexity index is 535. The van der Waals surface area contributed by atoms with E-state index in [1.165, 1.54) is 0 Å². The summed E-state index contributed by atoms with van der Waals surface area (Å²) in [5, 5.41) is 2.92. The van der Waals surface area contributed by atoms with E-state index in [4.69, 9.17) is 0 Å². The Morgan fingerprint density at radius 3 is 2.72 bits per heavy atom. The van der Waals surface area contributed by atoms with Gasteiger partial charge in [-0.05, 0) is 46.6 Å². The molecular formula is C14H15BrN2O. The number of rotatable bonds is 4. The predicted molar refractivity (Wildman–Crippen MR) is 75.6 cm³/mol. The summed E-state index contributed by atoms with van der Waals surface area (Å²) < 4.78 is 2.90.